The zero-order valence-corrected chi connectivity index (χ0v) is 19.2. The van der Waals surface area contributed by atoms with Crippen molar-refractivity contribution in [1.82, 2.24) is 0 Å². The minimum Gasteiger partial charge on any atom is -0.508 e. The number of hydrogen-bond acceptors (Lipinski definition) is 6. The SMILES string of the molecule is COC(=O)/C=C/c1ccc(Oc2c(C(=O)c3c(C)cccc3C)sc3cc(O)ccc23)cc1. The molecule has 5 nitrogen and oxygen atoms in total. The first-order chi connectivity index (χ1) is 15.9. The molecule has 0 atom stereocenters. The minimum atomic E-state index is -0.432. The van der Waals surface area contributed by atoms with Crippen molar-refractivity contribution in [2.24, 2.45) is 0 Å². The van der Waals surface area contributed by atoms with Crippen LogP contribution in [0.15, 0.2) is 66.7 Å². The van der Waals surface area contributed by atoms with Crippen LogP contribution in [0.25, 0.3) is 16.2 Å². The number of aromatic hydroxyl groups is 1. The molecule has 0 aliphatic rings. The Balaban J connectivity index is 1.75. The number of phenolic OH excluding ortho intramolecular Hbond substituents is 1. The predicted molar refractivity (Wildman–Crippen MR) is 130 cm³/mol. The highest BCUT2D eigenvalue weighted by atomic mass is 32.1. The third-order valence-electron chi connectivity index (χ3n) is 5.26. The largest absolute Gasteiger partial charge is 0.508 e. The molecule has 0 radical (unpaired) electrons. The van der Waals surface area contributed by atoms with Crippen LogP contribution in [-0.4, -0.2) is 24.0 Å². The molecule has 0 fully saturated rings. The van der Waals surface area contributed by atoms with Crippen LogP contribution in [0.4, 0.5) is 0 Å². The third-order valence-corrected chi connectivity index (χ3v) is 6.39. The summed E-state index contributed by atoms with van der Waals surface area (Å²) in [7, 11) is 1.33. The zero-order valence-electron chi connectivity index (χ0n) is 18.4. The Morgan fingerprint density at radius 1 is 0.970 bits per heavy atom. The fraction of sp³-hybridized carbons (Fsp3) is 0.111. The van der Waals surface area contributed by atoms with Crippen LogP contribution in [0.1, 0.15) is 31.9 Å². The standard InChI is InChI=1S/C27H22O5S/c1-16-5-4-6-17(2)24(16)25(30)27-26(21-13-10-19(28)15-22(21)33-27)32-20-11-7-18(8-12-20)9-14-23(29)31-3/h4-15,28H,1-3H3/b14-9+. The number of ketones is 1. The molecule has 0 aliphatic carbocycles. The molecule has 0 spiro atoms. The lowest BCUT2D eigenvalue weighted by Gasteiger charge is -2.11. The topological polar surface area (TPSA) is 72.8 Å². The summed E-state index contributed by atoms with van der Waals surface area (Å²) in [5.41, 5.74) is 3.25. The summed E-state index contributed by atoms with van der Waals surface area (Å²) < 4.78 is 11.6. The summed E-state index contributed by atoms with van der Waals surface area (Å²) in [4.78, 5) is 25.4. The van der Waals surface area contributed by atoms with Crippen LogP contribution in [0.3, 0.4) is 0 Å². The number of rotatable bonds is 6. The molecule has 166 valence electrons. The number of hydrogen-bond donors (Lipinski definition) is 1. The molecule has 0 amide bonds. The first-order valence-electron chi connectivity index (χ1n) is 10.3. The van der Waals surface area contributed by atoms with Crippen LogP contribution in [0.5, 0.6) is 17.2 Å². The second kappa shape index (κ2) is 9.30. The monoisotopic (exact) mass is 458 g/mol. The maximum absolute atomic E-state index is 13.6. The van der Waals surface area contributed by atoms with Crippen molar-refractivity contribution in [3.63, 3.8) is 0 Å². The van der Waals surface area contributed by atoms with E-state index in [0.29, 0.717) is 21.9 Å². The van der Waals surface area contributed by atoms with Gasteiger partial charge in [-0.3, -0.25) is 4.79 Å². The number of esters is 1. The number of methoxy groups -OCH3 is 1. The number of benzene rings is 3. The molecule has 1 heterocycles. The highest BCUT2D eigenvalue weighted by Crippen LogP contribution is 2.43. The van der Waals surface area contributed by atoms with Gasteiger partial charge in [-0.05, 0) is 66.9 Å². The number of carbonyl (C=O) groups excluding carboxylic acids is 2. The fourth-order valence-electron chi connectivity index (χ4n) is 3.60. The van der Waals surface area contributed by atoms with E-state index in [0.717, 1.165) is 26.8 Å². The molecule has 33 heavy (non-hydrogen) atoms. The molecule has 0 saturated heterocycles. The highest BCUT2D eigenvalue weighted by molar-refractivity contribution is 7.21. The first-order valence-corrected chi connectivity index (χ1v) is 11.1. The molecular weight excluding hydrogens is 436 g/mol. The van der Waals surface area contributed by atoms with Crippen molar-refractivity contribution in [2.45, 2.75) is 13.8 Å². The maximum atomic E-state index is 13.6. The average Bonchev–Trinajstić information content (AvgIpc) is 3.15. The quantitative estimate of drug-likeness (QED) is 0.205. The van der Waals surface area contributed by atoms with Gasteiger partial charge in [0.25, 0.3) is 0 Å². The van der Waals surface area contributed by atoms with E-state index in [1.165, 1.54) is 24.5 Å². The minimum absolute atomic E-state index is 0.112. The van der Waals surface area contributed by atoms with Gasteiger partial charge in [-0.2, -0.15) is 0 Å². The molecule has 0 bridgehead atoms. The van der Waals surface area contributed by atoms with Crippen LogP contribution >= 0.6 is 11.3 Å². The van der Waals surface area contributed by atoms with Crippen LogP contribution < -0.4 is 4.74 Å². The van der Waals surface area contributed by atoms with Crippen LogP contribution in [0.2, 0.25) is 0 Å². The number of thiophene rings is 1. The molecule has 0 unspecified atom stereocenters. The molecule has 3 aromatic carbocycles. The molecule has 0 saturated carbocycles. The molecule has 6 heteroatoms. The van der Waals surface area contributed by atoms with E-state index in [9.17, 15) is 14.7 Å². The van der Waals surface area contributed by atoms with E-state index in [4.69, 9.17) is 4.74 Å². The Morgan fingerprint density at radius 2 is 1.67 bits per heavy atom. The van der Waals surface area contributed by atoms with Gasteiger partial charge in [0.15, 0.2) is 5.75 Å². The van der Waals surface area contributed by atoms with E-state index in [2.05, 4.69) is 4.74 Å². The van der Waals surface area contributed by atoms with Gasteiger partial charge >= 0.3 is 5.97 Å². The van der Waals surface area contributed by atoms with Crippen molar-refractivity contribution < 1.29 is 24.2 Å². The molecule has 1 aromatic heterocycles. The van der Waals surface area contributed by atoms with Crippen molar-refractivity contribution in [3.05, 3.63) is 93.9 Å². The zero-order chi connectivity index (χ0) is 23.5. The van der Waals surface area contributed by atoms with Gasteiger partial charge in [0.05, 0.1) is 7.11 Å². The molecule has 4 aromatic rings. The van der Waals surface area contributed by atoms with Gasteiger partial charge in [0, 0.05) is 21.7 Å². The number of phenols is 1. The second-order valence-corrected chi connectivity index (χ2v) is 8.62. The Kier molecular flexibility index (Phi) is 6.29. The van der Waals surface area contributed by atoms with Gasteiger partial charge in [-0.15, -0.1) is 11.3 Å². The normalized spacial score (nSPS) is 11.1. The van der Waals surface area contributed by atoms with Gasteiger partial charge < -0.3 is 14.6 Å². The summed E-state index contributed by atoms with van der Waals surface area (Å²) in [6.07, 6.45) is 2.99. The lowest BCUT2D eigenvalue weighted by atomic mass is 9.98. The Labute approximate surface area is 195 Å². The number of fused-ring (bicyclic) bond motifs is 1. The number of carbonyl (C=O) groups is 2. The Bertz CT molecular complexity index is 1360. The fourth-order valence-corrected chi connectivity index (χ4v) is 4.71. The van der Waals surface area contributed by atoms with E-state index in [1.54, 1.807) is 36.4 Å². The van der Waals surface area contributed by atoms with Crippen molar-refractivity contribution in [2.75, 3.05) is 7.11 Å². The van der Waals surface area contributed by atoms with Crippen LogP contribution in [0, 0.1) is 13.8 Å². The van der Waals surface area contributed by atoms with Gasteiger partial charge in [0.2, 0.25) is 5.78 Å². The second-order valence-electron chi connectivity index (χ2n) is 7.56. The van der Waals surface area contributed by atoms with E-state index in [-0.39, 0.29) is 11.5 Å². The van der Waals surface area contributed by atoms with E-state index < -0.39 is 5.97 Å². The maximum Gasteiger partial charge on any atom is 0.330 e. The summed E-state index contributed by atoms with van der Waals surface area (Å²) in [5, 5.41) is 10.7. The van der Waals surface area contributed by atoms with Crippen LogP contribution in [-0.2, 0) is 9.53 Å². The molecule has 1 N–H and O–H groups in total. The lowest BCUT2D eigenvalue weighted by molar-refractivity contribution is -0.134. The van der Waals surface area contributed by atoms with Crippen molar-refractivity contribution >= 4 is 39.3 Å². The smallest absolute Gasteiger partial charge is 0.330 e. The van der Waals surface area contributed by atoms with Gasteiger partial charge in [-0.25, -0.2) is 4.79 Å². The first kappa shape index (κ1) is 22.3. The summed E-state index contributed by atoms with van der Waals surface area (Å²) >= 11 is 1.30. The average molecular weight is 459 g/mol. The van der Waals surface area contributed by atoms with Crippen molar-refractivity contribution in [3.8, 4) is 17.2 Å². The lowest BCUT2D eigenvalue weighted by Crippen LogP contribution is -2.05. The van der Waals surface area contributed by atoms with Gasteiger partial charge in [0.1, 0.15) is 16.4 Å². The molecule has 0 aliphatic heterocycles. The summed E-state index contributed by atoms with van der Waals surface area (Å²) in [6, 6.07) is 17.9. The Morgan fingerprint density at radius 3 is 2.33 bits per heavy atom. The highest BCUT2D eigenvalue weighted by Gasteiger charge is 2.24. The Hall–Kier alpha value is -3.90. The predicted octanol–water partition coefficient (Wildman–Crippen LogP) is 6.43. The van der Waals surface area contributed by atoms with Gasteiger partial charge in [-0.1, -0.05) is 30.3 Å². The van der Waals surface area contributed by atoms with E-state index in [1.807, 2.05) is 44.2 Å². The molecular formula is C27H22O5S. The third kappa shape index (κ3) is 4.66. The summed E-state index contributed by atoms with van der Waals surface area (Å²) in [5.74, 6) is 0.592. The van der Waals surface area contributed by atoms with Crippen molar-refractivity contribution in [1.29, 1.82) is 0 Å². The molecule has 4 rings (SSSR count). The summed E-state index contributed by atoms with van der Waals surface area (Å²) in [6.45, 7) is 3.83. The van der Waals surface area contributed by atoms with E-state index >= 15 is 0 Å². The number of ether oxygens (including phenoxy) is 2. The number of aryl methyl sites for hydroxylation is 2.